The summed E-state index contributed by atoms with van der Waals surface area (Å²) in [7, 11) is 0. The van der Waals surface area contributed by atoms with E-state index in [-0.39, 0.29) is 0 Å². The van der Waals surface area contributed by atoms with Crippen molar-refractivity contribution in [1.29, 1.82) is 0 Å². The van der Waals surface area contributed by atoms with Gasteiger partial charge >= 0.3 is 0 Å². The first kappa shape index (κ1) is 15.6. The Morgan fingerprint density at radius 1 is 1.04 bits per heavy atom. The zero-order valence-corrected chi connectivity index (χ0v) is 14.1. The largest absolute Gasteiger partial charge is 0.494 e. The number of hydrogen-bond donors (Lipinski definition) is 0. The quantitative estimate of drug-likeness (QED) is 0.661. The molecule has 3 rings (SSSR count). The number of rotatable bonds is 6. The predicted octanol–water partition coefficient (Wildman–Crippen LogP) is 4.68. The van der Waals surface area contributed by atoms with Crippen LogP contribution in [0.3, 0.4) is 0 Å². The minimum atomic E-state index is 0.590. The summed E-state index contributed by atoms with van der Waals surface area (Å²) >= 11 is 0. The molecule has 1 heterocycles. The Hall–Kier alpha value is -2.29. The fourth-order valence-corrected chi connectivity index (χ4v) is 2.88. The third-order valence-electron chi connectivity index (χ3n) is 3.88. The molecule has 0 aliphatic rings. The Morgan fingerprint density at radius 3 is 2.48 bits per heavy atom. The van der Waals surface area contributed by atoms with Gasteiger partial charge in [0.15, 0.2) is 0 Å². The van der Waals surface area contributed by atoms with Crippen LogP contribution in [0.5, 0.6) is 5.75 Å². The molecule has 0 saturated carbocycles. The van der Waals surface area contributed by atoms with Gasteiger partial charge in [-0.25, -0.2) is 4.98 Å². The van der Waals surface area contributed by atoms with Gasteiger partial charge in [0.25, 0.3) is 0 Å². The van der Waals surface area contributed by atoms with Crippen LogP contribution >= 0.6 is 0 Å². The molecular weight excluding hydrogens is 284 g/mol. The first-order valence-electron chi connectivity index (χ1n) is 8.33. The Labute approximate surface area is 137 Å². The SMILES string of the molecule is CCOc1ccc(Cc2nc3ccccc3n2CC(C)C)cc1. The fourth-order valence-electron chi connectivity index (χ4n) is 2.88. The van der Waals surface area contributed by atoms with Crippen molar-refractivity contribution in [3.63, 3.8) is 0 Å². The van der Waals surface area contributed by atoms with Crippen molar-refractivity contribution in [2.24, 2.45) is 5.92 Å². The van der Waals surface area contributed by atoms with Gasteiger partial charge in [-0.2, -0.15) is 0 Å². The Bertz CT molecular complexity index is 772. The van der Waals surface area contributed by atoms with E-state index in [0.29, 0.717) is 12.5 Å². The molecule has 23 heavy (non-hydrogen) atoms. The van der Waals surface area contributed by atoms with Gasteiger partial charge in [0.2, 0.25) is 0 Å². The lowest BCUT2D eigenvalue weighted by molar-refractivity contribution is 0.340. The molecule has 3 heteroatoms. The maximum absolute atomic E-state index is 5.51. The van der Waals surface area contributed by atoms with Gasteiger partial charge in [-0.15, -0.1) is 0 Å². The molecular formula is C20H24N2O. The molecule has 0 saturated heterocycles. The van der Waals surface area contributed by atoms with E-state index in [1.54, 1.807) is 0 Å². The summed E-state index contributed by atoms with van der Waals surface area (Å²) in [5, 5.41) is 0. The van der Waals surface area contributed by atoms with E-state index in [1.807, 2.05) is 19.1 Å². The lowest BCUT2D eigenvalue weighted by atomic mass is 10.1. The third-order valence-corrected chi connectivity index (χ3v) is 3.88. The number of aromatic nitrogens is 2. The van der Waals surface area contributed by atoms with Crippen molar-refractivity contribution in [3.8, 4) is 5.75 Å². The predicted molar refractivity (Wildman–Crippen MR) is 95.0 cm³/mol. The minimum Gasteiger partial charge on any atom is -0.494 e. The zero-order valence-electron chi connectivity index (χ0n) is 14.1. The van der Waals surface area contributed by atoms with E-state index < -0.39 is 0 Å². The molecule has 0 amide bonds. The molecule has 0 spiro atoms. The van der Waals surface area contributed by atoms with E-state index in [2.05, 4.69) is 54.8 Å². The molecule has 0 aliphatic carbocycles. The number of hydrogen-bond acceptors (Lipinski definition) is 2. The zero-order chi connectivity index (χ0) is 16.2. The van der Waals surface area contributed by atoms with E-state index >= 15 is 0 Å². The second kappa shape index (κ2) is 6.86. The van der Waals surface area contributed by atoms with Crippen LogP contribution in [0.1, 0.15) is 32.2 Å². The van der Waals surface area contributed by atoms with Crippen LogP contribution in [0, 0.1) is 5.92 Å². The van der Waals surface area contributed by atoms with Crippen molar-refractivity contribution in [2.45, 2.75) is 33.7 Å². The van der Waals surface area contributed by atoms with E-state index in [0.717, 1.165) is 30.1 Å². The maximum atomic E-state index is 5.51. The number of fused-ring (bicyclic) bond motifs is 1. The summed E-state index contributed by atoms with van der Waals surface area (Å²) in [4.78, 5) is 4.85. The van der Waals surface area contributed by atoms with Crippen LogP contribution in [0.25, 0.3) is 11.0 Å². The van der Waals surface area contributed by atoms with Crippen molar-refractivity contribution < 1.29 is 4.74 Å². The first-order chi connectivity index (χ1) is 11.2. The Morgan fingerprint density at radius 2 is 1.78 bits per heavy atom. The smallest absolute Gasteiger partial charge is 0.119 e. The average Bonchev–Trinajstić information content (AvgIpc) is 2.87. The lowest BCUT2D eigenvalue weighted by Crippen LogP contribution is -2.09. The second-order valence-corrected chi connectivity index (χ2v) is 6.27. The van der Waals surface area contributed by atoms with Gasteiger partial charge < -0.3 is 9.30 Å². The van der Waals surface area contributed by atoms with Crippen LogP contribution < -0.4 is 4.74 Å². The van der Waals surface area contributed by atoms with Crippen LogP contribution in [0.2, 0.25) is 0 Å². The van der Waals surface area contributed by atoms with Crippen LogP contribution in [-0.4, -0.2) is 16.2 Å². The monoisotopic (exact) mass is 308 g/mol. The molecule has 0 fully saturated rings. The molecule has 0 N–H and O–H groups in total. The molecule has 3 nitrogen and oxygen atoms in total. The minimum absolute atomic E-state index is 0.590. The van der Waals surface area contributed by atoms with Gasteiger partial charge in [-0.3, -0.25) is 0 Å². The number of nitrogens with zero attached hydrogens (tertiary/aromatic N) is 2. The van der Waals surface area contributed by atoms with Crippen molar-refractivity contribution in [1.82, 2.24) is 9.55 Å². The highest BCUT2D eigenvalue weighted by Gasteiger charge is 2.12. The van der Waals surface area contributed by atoms with Crippen LogP contribution in [0.15, 0.2) is 48.5 Å². The van der Waals surface area contributed by atoms with Gasteiger partial charge in [0.05, 0.1) is 17.6 Å². The number of ether oxygens (including phenoxy) is 1. The van der Waals surface area contributed by atoms with Gasteiger partial charge in [-0.05, 0) is 42.7 Å². The number of para-hydroxylation sites is 2. The maximum Gasteiger partial charge on any atom is 0.119 e. The molecule has 1 aromatic heterocycles. The third kappa shape index (κ3) is 3.55. The summed E-state index contributed by atoms with van der Waals surface area (Å²) < 4.78 is 7.87. The number of benzene rings is 2. The summed E-state index contributed by atoms with van der Waals surface area (Å²) in [5.41, 5.74) is 3.56. The average molecular weight is 308 g/mol. The molecule has 0 atom stereocenters. The van der Waals surface area contributed by atoms with Crippen molar-refractivity contribution >= 4 is 11.0 Å². The molecule has 0 unspecified atom stereocenters. The second-order valence-electron chi connectivity index (χ2n) is 6.27. The Kier molecular flexibility index (Phi) is 4.65. The summed E-state index contributed by atoms with van der Waals surface area (Å²) in [6.45, 7) is 8.18. The molecule has 2 aromatic carbocycles. The topological polar surface area (TPSA) is 27.1 Å². The normalized spacial score (nSPS) is 11.3. The van der Waals surface area contributed by atoms with Gasteiger partial charge in [-0.1, -0.05) is 38.1 Å². The highest BCUT2D eigenvalue weighted by atomic mass is 16.5. The fraction of sp³-hybridized carbons (Fsp3) is 0.350. The van der Waals surface area contributed by atoms with Crippen LogP contribution in [-0.2, 0) is 13.0 Å². The Balaban J connectivity index is 1.92. The summed E-state index contributed by atoms with van der Waals surface area (Å²) in [6, 6.07) is 16.7. The van der Waals surface area contributed by atoms with E-state index in [1.165, 1.54) is 11.1 Å². The van der Waals surface area contributed by atoms with E-state index in [9.17, 15) is 0 Å². The summed E-state index contributed by atoms with van der Waals surface area (Å²) in [5.74, 6) is 2.64. The van der Waals surface area contributed by atoms with E-state index in [4.69, 9.17) is 9.72 Å². The molecule has 0 aliphatic heterocycles. The molecule has 3 aromatic rings. The molecule has 0 bridgehead atoms. The lowest BCUT2D eigenvalue weighted by Gasteiger charge is -2.12. The van der Waals surface area contributed by atoms with Crippen LogP contribution in [0.4, 0.5) is 0 Å². The first-order valence-corrected chi connectivity index (χ1v) is 8.33. The van der Waals surface area contributed by atoms with Gasteiger partial charge in [0, 0.05) is 13.0 Å². The molecule has 0 radical (unpaired) electrons. The summed E-state index contributed by atoms with van der Waals surface area (Å²) in [6.07, 6.45) is 0.841. The standard InChI is InChI=1S/C20H24N2O/c1-4-23-17-11-9-16(10-12-17)13-20-21-18-7-5-6-8-19(18)22(20)14-15(2)3/h5-12,15H,4,13-14H2,1-3H3. The highest BCUT2D eigenvalue weighted by molar-refractivity contribution is 5.76. The molecule has 120 valence electrons. The van der Waals surface area contributed by atoms with Gasteiger partial charge in [0.1, 0.15) is 11.6 Å². The highest BCUT2D eigenvalue weighted by Crippen LogP contribution is 2.21. The number of imidazole rings is 1. The van der Waals surface area contributed by atoms with Crippen molar-refractivity contribution in [3.05, 3.63) is 59.9 Å². The van der Waals surface area contributed by atoms with Crippen molar-refractivity contribution in [2.75, 3.05) is 6.61 Å².